The molecule has 1 aromatic carbocycles. The van der Waals surface area contributed by atoms with Gasteiger partial charge in [-0.15, -0.1) is 11.3 Å². The van der Waals surface area contributed by atoms with Crippen molar-refractivity contribution in [1.29, 1.82) is 0 Å². The van der Waals surface area contributed by atoms with Crippen molar-refractivity contribution < 1.29 is 14.3 Å². The molecule has 0 radical (unpaired) electrons. The van der Waals surface area contributed by atoms with Crippen molar-refractivity contribution in [2.75, 3.05) is 20.2 Å². The van der Waals surface area contributed by atoms with Gasteiger partial charge in [-0.05, 0) is 26.0 Å². The number of methoxy groups -OCH3 is 1. The number of imidazole rings is 1. The fraction of sp³-hybridized carbons (Fsp3) is 0.400. The lowest BCUT2D eigenvalue weighted by atomic mass is 10.1. The monoisotopic (exact) mass is 385 g/mol. The number of carbonyl (C=O) groups is 1. The number of rotatable bonds is 4. The van der Waals surface area contributed by atoms with Gasteiger partial charge in [-0.2, -0.15) is 0 Å². The zero-order valence-corrected chi connectivity index (χ0v) is 16.5. The van der Waals surface area contributed by atoms with Crippen LogP contribution in [0.25, 0.3) is 16.2 Å². The number of aromatic nitrogens is 2. The Morgan fingerprint density at radius 2 is 2.11 bits per heavy atom. The van der Waals surface area contributed by atoms with Gasteiger partial charge in [0.1, 0.15) is 5.75 Å². The second-order valence-corrected chi connectivity index (χ2v) is 7.81. The first-order chi connectivity index (χ1) is 13.0. The SMILES string of the molecule is COc1cccc(-c2cn3c(CC(=O)N4CC(C)OC(C)C4)csc3n2)c1. The smallest absolute Gasteiger partial charge is 0.228 e. The van der Waals surface area contributed by atoms with Crippen LogP contribution in [-0.2, 0) is 16.0 Å². The molecule has 6 nitrogen and oxygen atoms in total. The van der Waals surface area contributed by atoms with E-state index in [4.69, 9.17) is 14.5 Å². The molecule has 1 aliphatic rings. The molecule has 3 heterocycles. The highest BCUT2D eigenvalue weighted by Gasteiger charge is 2.26. The molecular weight excluding hydrogens is 362 g/mol. The summed E-state index contributed by atoms with van der Waals surface area (Å²) in [4.78, 5) is 20.3. The molecule has 2 aromatic heterocycles. The Morgan fingerprint density at radius 3 is 2.85 bits per heavy atom. The van der Waals surface area contributed by atoms with Gasteiger partial charge in [0.05, 0.1) is 31.4 Å². The summed E-state index contributed by atoms with van der Waals surface area (Å²) >= 11 is 1.55. The maximum Gasteiger partial charge on any atom is 0.228 e. The lowest BCUT2D eigenvalue weighted by Gasteiger charge is -2.35. The highest BCUT2D eigenvalue weighted by Crippen LogP contribution is 2.26. The van der Waals surface area contributed by atoms with Gasteiger partial charge in [0.25, 0.3) is 0 Å². The first kappa shape index (κ1) is 18.0. The molecule has 1 aliphatic heterocycles. The van der Waals surface area contributed by atoms with Crippen molar-refractivity contribution in [1.82, 2.24) is 14.3 Å². The summed E-state index contributed by atoms with van der Waals surface area (Å²) in [6.07, 6.45) is 2.52. The Kier molecular flexibility index (Phi) is 4.88. The van der Waals surface area contributed by atoms with Crippen molar-refractivity contribution in [3.8, 4) is 17.0 Å². The highest BCUT2D eigenvalue weighted by atomic mass is 32.1. The predicted octanol–water partition coefficient (Wildman–Crippen LogP) is 3.25. The van der Waals surface area contributed by atoms with Crippen LogP contribution < -0.4 is 4.74 Å². The predicted molar refractivity (Wildman–Crippen MR) is 105 cm³/mol. The number of thiazole rings is 1. The minimum Gasteiger partial charge on any atom is -0.497 e. The molecule has 3 aromatic rings. The van der Waals surface area contributed by atoms with E-state index < -0.39 is 0 Å². The Labute approximate surface area is 162 Å². The standard InChI is InChI=1S/C20H23N3O3S/c1-13-9-22(10-14(2)26-13)19(24)8-16-12-27-20-21-18(11-23(16)20)15-5-4-6-17(7-15)25-3/h4-7,11-14H,8-10H2,1-3H3. The molecule has 7 heteroatoms. The molecule has 2 unspecified atom stereocenters. The van der Waals surface area contributed by atoms with E-state index in [0.29, 0.717) is 19.5 Å². The van der Waals surface area contributed by atoms with Crippen molar-refractivity contribution >= 4 is 22.2 Å². The van der Waals surface area contributed by atoms with Gasteiger partial charge in [-0.25, -0.2) is 4.98 Å². The van der Waals surface area contributed by atoms with E-state index in [1.54, 1.807) is 18.4 Å². The summed E-state index contributed by atoms with van der Waals surface area (Å²) in [5, 5.41) is 2.02. The normalized spacial score (nSPS) is 20.2. The number of carbonyl (C=O) groups excluding carboxylic acids is 1. The van der Waals surface area contributed by atoms with Gasteiger partial charge in [-0.3, -0.25) is 9.20 Å². The average molecular weight is 385 g/mol. The molecule has 0 aliphatic carbocycles. The zero-order valence-electron chi connectivity index (χ0n) is 15.7. The second kappa shape index (κ2) is 7.32. The third kappa shape index (κ3) is 3.70. The third-order valence-corrected chi connectivity index (χ3v) is 5.64. The number of fused-ring (bicyclic) bond motifs is 1. The van der Waals surface area contributed by atoms with E-state index >= 15 is 0 Å². The number of nitrogens with zero attached hydrogens (tertiary/aromatic N) is 3. The molecule has 0 N–H and O–H groups in total. The molecule has 2 atom stereocenters. The summed E-state index contributed by atoms with van der Waals surface area (Å²) in [5.41, 5.74) is 2.84. The number of morpholine rings is 1. The van der Waals surface area contributed by atoms with Crippen LogP contribution in [0.5, 0.6) is 5.75 Å². The van der Waals surface area contributed by atoms with Crippen LogP contribution in [0.2, 0.25) is 0 Å². The maximum absolute atomic E-state index is 12.8. The lowest BCUT2D eigenvalue weighted by Crippen LogP contribution is -2.48. The zero-order chi connectivity index (χ0) is 19.0. The average Bonchev–Trinajstić information content (AvgIpc) is 3.23. The van der Waals surface area contributed by atoms with Gasteiger partial charge in [0, 0.05) is 35.9 Å². The first-order valence-corrected chi connectivity index (χ1v) is 9.94. The molecule has 1 saturated heterocycles. The summed E-state index contributed by atoms with van der Waals surface area (Å²) in [6, 6.07) is 7.84. The highest BCUT2D eigenvalue weighted by molar-refractivity contribution is 7.15. The van der Waals surface area contributed by atoms with Gasteiger partial charge in [0.15, 0.2) is 4.96 Å². The topological polar surface area (TPSA) is 56.1 Å². The molecule has 1 amide bonds. The van der Waals surface area contributed by atoms with Crippen LogP contribution >= 0.6 is 11.3 Å². The van der Waals surface area contributed by atoms with Gasteiger partial charge in [-0.1, -0.05) is 12.1 Å². The van der Waals surface area contributed by atoms with E-state index in [2.05, 4.69) is 0 Å². The van der Waals surface area contributed by atoms with E-state index in [1.807, 2.05) is 59.0 Å². The van der Waals surface area contributed by atoms with E-state index in [9.17, 15) is 4.79 Å². The number of benzene rings is 1. The molecule has 0 bridgehead atoms. The molecule has 142 valence electrons. The van der Waals surface area contributed by atoms with Crippen LogP contribution in [0.15, 0.2) is 35.8 Å². The minimum absolute atomic E-state index is 0.0769. The minimum atomic E-state index is 0.0769. The molecule has 4 rings (SSSR count). The lowest BCUT2D eigenvalue weighted by molar-refractivity contribution is -0.142. The quantitative estimate of drug-likeness (QED) is 0.692. The Bertz CT molecular complexity index is 954. The van der Waals surface area contributed by atoms with Crippen LogP contribution in [0.1, 0.15) is 19.5 Å². The van der Waals surface area contributed by atoms with E-state index in [1.165, 1.54) is 0 Å². The van der Waals surface area contributed by atoms with Gasteiger partial charge >= 0.3 is 0 Å². The van der Waals surface area contributed by atoms with E-state index in [-0.39, 0.29) is 18.1 Å². The van der Waals surface area contributed by atoms with Crippen LogP contribution in [0.3, 0.4) is 0 Å². The van der Waals surface area contributed by atoms with Crippen molar-refractivity contribution in [2.24, 2.45) is 0 Å². The number of ether oxygens (including phenoxy) is 2. The Morgan fingerprint density at radius 1 is 1.33 bits per heavy atom. The second-order valence-electron chi connectivity index (χ2n) is 6.97. The number of amides is 1. The number of hydrogen-bond donors (Lipinski definition) is 0. The molecular formula is C20H23N3O3S. The largest absolute Gasteiger partial charge is 0.497 e. The van der Waals surface area contributed by atoms with Crippen molar-refractivity contribution in [2.45, 2.75) is 32.5 Å². The molecule has 27 heavy (non-hydrogen) atoms. The van der Waals surface area contributed by atoms with Crippen molar-refractivity contribution in [3.05, 3.63) is 41.5 Å². The van der Waals surface area contributed by atoms with Crippen molar-refractivity contribution in [3.63, 3.8) is 0 Å². The molecule has 0 saturated carbocycles. The third-order valence-electron chi connectivity index (χ3n) is 4.75. The fourth-order valence-corrected chi connectivity index (χ4v) is 4.40. The van der Waals surface area contributed by atoms with Crippen LogP contribution in [-0.4, -0.2) is 52.6 Å². The Hall–Kier alpha value is -2.38. The molecule has 0 spiro atoms. The first-order valence-electron chi connectivity index (χ1n) is 9.06. The summed E-state index contributed by atoms with van der Waals surface area (Å²) in [6.45, 7) is 5.31. The summed E-state index contributed by atoms with van der Waals surface area (Å²) < 4.78 is 13.0. The molecule has 1 fully saturated rings. The summed E-state index contributed by atoms with van der Waals surface area (Å²) in [5.74, 6) is 0.933. The van der Waals surface area contributed by atoms with Crippen LogP contribution in [0, 0.1) is 0 Å². The van der Waals surface area contributed by atoms with E-state index in [0.717, 1.165) is 27.7 Å². The van der Waals surface area contributed by atoms with Crippen LogP contribution in [0.4, 0.5) is 0 Å². The number of hydrogen-bond acceptors (Lipinski definition) is 5. The summed E-state index contributed by atoms with van der Waals surface area (Å²) in [7, 11) is 1.65. The Balaban J connectivity index is 1.56. The van der Waals surface area contributed by atoms with Gasteiger partial charge in [0.2, 0.25) is 5.91 Å². The maximum atomic E-state index is 12.8. The van der Waals surface area contributed by atoms with Gasteiger partial charge < -0.3 is 14.4 Å². The fourth-order valence-electron chi connectivity index (χ4n) is 3.53.